The zero-order valence-corrected chi connectivity index (χ0v) is 10.7. The Hall–Kier alpha value is -2.30. The molecule has 5 heteroatoms. The monoisotopic (exact) mass is 260 g/mol. The van der Waals surface area contributed by atoms with Crippen molar-refractivity contribution in [2.75, 3.05) is 0 Å². The molecule has 5 nitrogen and oxygen atoms in total. The Labute approximate surface area is 110 Å². The minimum absolute atomic E-state index is 0.0846. The van der Waals surface area contributed by atoms with Crippen molar-refractivity contribution in [3.05, 3.63) is 52.7 Å². The average molecular weight is 260 g/mol. The van der Waals surface area contributed by atoms with E-state index < -0.39 is 5.97 Å². The van der Waals surface area contributed by atoms with Crippen LogP contribution in [0, 0.1) is 0 Å². The molecule has 1 aromatic heterocycles. The normalized spacial score (nSPS) is 10.6. The molecule has 0 aliphatic heterocycles. The summed E-state index contributed by atoms with van der Waals surface area (Å²) in [5, 5.41) is 8.58. The third-order valence-electron chi connectivity index (χ3n) is 3.02. The number of hydrogen-bond acceptors (Lipinski definition) is 2. The number of benzene rings is 1. The number of nitrogens with zero attached hydrogens (tertiary/aromatic N) is 2. The molecular weight excluding hydrogens is 244 g/mol. The molecule has 0 amide bonds. The highest BCUT2D eigenvalue weighted by molar-refractivity contribution is 5.66. The summed E-state index contributed by atoms with van der Waals surface area (Å²) >= 11 is 0. The number of aryl methyl sites for hydroxylation is 2. The molecule has 0 fully saturated rings. The molecule has 19 heavy (non-hydrogen) atoms. The van der Waals surface area contributed by atoms with Gasteiger partial charge in [-0.1, -0.05) is 12.1 Å². The molecule has 1 aromatic carbocycles. The van der Waals surface area contributed by atoms with Gasteiger partial charge in [-0.25, -0.2) is 4.79 Å². The highest BCUT2D eigenvalue weighted by Gasteiger charge is 2.03. The van der Waals surface area contributed by atoms with Gasteiger partial charge in [-0.05, 0) is 30.5 Å². The largest absolute Gasteiger partial charge is 0.481 e. The fourth-order valence-corrected chi connectivity index (χ4v) is 1.93. The van der Waals surface area contributed by atoms with Gasteiger partial charge >= 0.3 is 11.7 Å². The maximum atomic E-state index is 11.8. The molecule has 100 valence electrons. The first-order chi connectivity index (χ1) is 9.08. The Morgan fingerprint density at radius 1 is 1.21 bits per heavy atom. The third-order valence-corrected chi connectivity index (χ3v) is 3.02. The Balaban J connectivity index is 2.08. The molecule has 0 aliphatic carbocycles. The number of carbonyl (C=O) groups is 1. The van der Waals surface area contributed by atoms with Gasteiger partial charge in [0.1, 0.15) is 0 Å². The van der Waals surface area contributed by atoms with E-state index in [1.165, 1.54) is 4.57 Å². The fraction of sp³-hybridized carbons (Fsp3) is 0.286. The summed E-state index contributed by atoms with van der Waals surface area (Å²) < 4.78 is 3.09. The standard InChI is InChI=1S/C14H16N2O3/c1-15-9-10-16(14(15)19)12-7-5-11(6-8-12)3-2-4-13(17)18/h5-10H,2-4H2,1H3,(H,17,18). The summed E-state index contributed by atoms with van der Waals surface area (Å²) in [7, 11) is 1.71. The van der Waals surface area contributed by atoms with Crippen molar-refractivity contribution in [2.45, 2.75) is 19.3 Å². The van der Waals surface area contributed by atoms with Crippen molar-refractivity contribution in [2.24, 2.45) is 7.05 Å². The Kier molecular flexibility index (Phi) is 3.85. The lowest BCUT2D eigenvalue weighted by Crippen LogP contribution is -2.20. The lowest BCUT2D eigenvalue weighted by atomic mass is 10.1. The number of hydrogen-bond donors (Lipinski definition) is 1. The van der Waals surface area contributed by atoms with E-state index in [4.69, 9.17) is 5.11 Å². The van der Waals surface area contributed by atoms with Crippen LogP contribution in [0.1, 0.15) is 18.4 Å². The molecule has 1 N–H and O–H groups in total. The van der Waals surface area contributed by atoms with E-state index in [0.29, 0.717) is 6.42 Å². The van der Waals surface area contributed by atoms with Crippen LogP contribution >= 0.6 is 0 Å². The van der Waals surface area contributed by atoms with Crippen molar-refractivity contribution in [3.63, 3.8) is 0 Å². The molecular formula is C14H16N2O3. The molecule has 2 aromatic rings. The predicted octanol–water partition coefficient (Wildman–Crippen LogP) is 1.58. The van der Waals surface area contributed by atoms with E-state index in [1.807, 2.05) is 24.3 Å². The second kappa shape index (κ2) is 5.56. The van der Waals surface area contributed by atoms with Gasteiger partial charge in [0.25, 0.3) is 0 Å². The van der Waals surface area contributed by atoms with Gasteiger partial charge < -0.3 is 9.67 Å². The highest BCUT2D eigenvalue weighted by atomic mass is 16.4. The summed E-state index contributed by atoms with van der Waals surface area (Å²) in [6.07, 6.45) is 4.97. The number of aliphatic carboxylic acids is 1. The van der Waals surface area contributed by atoms with Crippen molar-refractivity contribution >= 4 is 5.97 Å². The molecule has 0 radical (unpaired) electrons. The summed E-state index contributed by atoms with van der Waals surface area (Å²) in [6.45, 7) is 0. The van der Waals surface area contributed by atoms with Crippen LogP contribution in [0.25, 0.3) is 5.69 Å². The maximum absolute atomic E-state index is 11.8. The van der Waals surface area contributed by atoms with Crippen LogP contribution in [0.3, 0.4) is 0 Å². The van der Waals surface area contributed by atoms with Gasteiger partial charge in [0, 0.05) is 25.9 Å². The molecule has 0 saturated heterocycles. The second-order valence-corrected chi connectivity index (χ2v) is 4.48. The maximum Gasteiger partial charge on any atom is 0.332 e. The zero-order chi connectivity index (χ0) is 13.8. The molecule has 0 spiro atoms. The summed E-state index contributed by atoms with van der Waals surface area (Å²) in [5.41, 5.74) is 1.81. The first-order valence-electron chi connectivity index (χ1n) is 6.13. The second-order valence-electron chi connectivity index (χ2n) is 4.48. The van der Waals surface area contributed by atoms with Gasteiger partial charge in [-0.3, -0.25) is 9.36 Å². The van der Waals surface area contributed by atoms with Crippen molar-refractivity contribution in [1.82, 2.24) is 9.13 Å². The van der Waals surface area contributed by atoms with Crippen LogP contribution in [-0.4, -0.2) is 20.2 Å². The number of aromatic nitrogens is 2. The van der Waals surface area contributed by atoms with Crippen molar-refractivity contribution in [1.29, 1.82) is 0 Å². The van der Waals surface area contributed by atoms with Crippen LogP contribution in [0.2, 0.25) is 0 Å². The van der Waals surface area contributed by atoms with Crippen LogP contribution in [-0.2, 0) is 18.3 Å². The summed E-state index contributed by atoms with van der Waals surface area (Å²) in [4.78, 5) is 22.2. The number of carboxylic acid groups (broad SMARTS) is 1. The van der Waals surface area contributed by atoms with E-state index in [-0.39, 0.29) is 12.1 Å². The number of carboxylic acids is 1. The number of rotatable bonds is 5. The Bertz CT molecular complexity index is 623. The molecule has 0 bridgehead atoms. The lowest BCUT2D eigenvalue weighted by molar-refractivity contribution is -0.137. The van der Waals surface area contributed by atoms with Crippen molar-refractivity contribution in [3.8, 4) is 5.69 Å². The van der Waals surface area contributed by atoms with Crippen LogP contribution in [0.15, 0.2) is 41.5 Å². The fourth-order valence-electron chi connectivity index (χ4n) is 1.93. The van der Waals surface area contributed by atoms with Crippen molar-refractivity contribution < 1.29 is 9.90 Å². The molecule has 0 atom stereocenters. The molecule has 0 unspecified atom stereocenters. The van der Waals surface area contributed by atoms with Crippen LogP contribution in [0.5, 0.6) is 0 Å². The molecule has 1 heterocycles. The molecule has 0 saturated carbocycles. The summed E-state index contributed by atoms with van der Waals surface area (Å²) in [6, 6.07) is 7.60. The zero-order valence-electron chi connectivity index (χ0n) is 10.7. The van der Waals surface area contributed by atoms with Crippen LogP contribution < -0.4 is 5.69 Å². The first-order valence-corrected chi connectivity index (χ1v) is 6.13. The van der Waals surface area contributed by atoms with Gasteiger partial charge in [0.2, 0.25) is 0 Å². The van der Waals surface area contributed by atoms with Gasteiger partial charge in [0.05, 0.1) is 5.69 Å². The van der Waals surface area contributed by atoms with E-state index in [9.17, 15) is 9.59 Å². The van der Waals surface area contributed by atoms with E-state index in [0.717, 1.165) is 17.7 Å². The molecule has 0 aliphatic rings. The molecule has 2 rings (SSSR count). The predicted molar refractivity (Wildman–Crippen MR) is 71.6 cm³/mol. The van der Waals surface area contributed by atoms with Gasteiger partial charge in [-0.2, -0.15) is 0 Å². The van der Waals surface area contributed by atoms with Gasteiger partial charge in [0.15, 0.2) is 0 Å². The van der Waals surface area contributed by atoms with Crippen LogP contribution in [0.4, 0.5) is 0 Å². The highest BCUT2D eigenvalue weighted by Crippen LogP contribution is 2.10. The quantitative estimate of drug-likeness (QED) is 0.887. The Morgan fingerprint density at radius 2 is 1.89 bits per heavy atom. The first kappa shape index (κ1) is 13.1. The lowest BCUT2D eigenvalue weighted by Gasteiger charge is -2.04. The SMILES string of the molecule is Cn1ccn(-c2ccc(CCCC(=O)O)cc2)c1=O. The topological polar surface area (TPSA) is 64.2 Å². The van der Waals surface area contributed by atoms with E-state index in [1.54, 1.807) is 24.0 Å². The van der Waals surface area contributed by atoms with E-state index >= 15 is 0 Å². The third kappa shape index (κ3) is 3.13. The smallest absolute Gasteiger partial charge is 0.332 e. The Morgan fingerprint density at radius 3 is 2.42 bits per heavy atom. The van der Waals surface area contributed by atoms with Gasteiger partial charge in [-0.15, -0.1) is 0 Å². The summed E-state index contributed by atoms with van der Waals surface area (Å²) in [5.74, 6) is -0.771. The number of imidazole rings is 1. The minimum Gasteiger partial charge on any atom is -0.481 e. The minimum atomic E-state index is -0.771. The average Bonchev–Trinajstić information content (AvgIpc) is 2.71. The van der Waals surface area contributed by atoms with E-state index in [2.05, 4.69) is 0 Å².